The van der Waals surface area contributed by atoms with Crippen LogP contribution in [0.1, 0.15) is 11.4 Å². The van der Waals surface area contributed by atoms with Gasteiger partial charge in [-0.15, -0.1) is 10.2 Å². The predicted octanol–water partition coefficient (Wildman–Crippen LogP) is 2.85. The second kappa shape index (κ2) is 5.79. The lowest BCUT2D eigenvalue weighted by Gasteiger charge is -2.05. The molecule has 1 heterocycles. The van der Waals surface area contributed by atoms with Crippen LogP contribution in [0.4, 0.5) is 5.69 Å². The van der Waals surface area contributed by atoms with Crippen molar-refractivity contribution in [3.05, 3.63) is 66.0 Å². The number of nitrogen functional groups attached to an aromatic ring is 1. The zero-order valence-electron chi connectivity index (χ0n) is 12.0. The molecule has 0 aliphatic heterocycles. The molecule has 0 unspecified atom stereocenters. The summed E-state index contributed by atoms with van der Waals surface area (Å²) in [5.41, 5.74) is 8.82. The predicted molar refractivity (Wildman–Crippen MR) is 84.7 cm³/mol. The molecule has 0 spiro atoms. The summed E-state index contributed by atoms with van der Waals surface area (Å²) in [4.78, 5) is 0. The molecule has 2 N–H and O–H groups in total. The van der Waals surface area contributed by atoms with E-state index < -0.39 is 0 Å². The van der Waals surface area contributed by atoms with Gasteiger partial charge >= 0.3 is 0 Å². The van der Waals surface area contributed by atoms with Crippen molar-refractivity contribution in [1.82, 2.24) is 14.8 Å². The minimum atomic E-state index is 0.755. The highest BCUT2D eigenvalue weighted by Gasteiger charge is 2.10. The van der Waals surface area contributed by atoms with Crippen molar-refractivity contribution in [1.29, 1.82) is 0 Å². The first-order chi connectivity index (χ1) is 10.2. The van der Waals surface area contributed by atoms with Crippen LogP contribution in [0.15, 0.2) is 54.6 Å². The van der Waals surface area contributed by atoms with Gasteiger partial charge in [0.1, 0.15) is 5.82 Å². The van der Waals surface area contributed by atoms with Gasteiger partial charge in [0.15, 0.2) is 5.82 Å². The first-order valence-corrected chi connectivity index (χ1v) is 7.02. The topological polar surface area (TPSA) is 56.7 Å². The van der Waals surface area contributed by atoms with Crippen LogP contribution >= 0.6 is 0 Å². The third-order valence-corrected chi connectivity index (χ3v) is 3.61. The van der Waals surface area contributed by atoms with Crippen LogP contribution in [0.3, 0.4) is 0 Å². The molecule has 0 aliphatic rings. The summed E-state index contributed by atoms with van der Waals surface area (Å²) in [6.07, 6.45) is 1.84. The van der Waals surface area contributed by atoms with Crippen molar-refractivity contribution >= 4 is 5.69 Å². The van der Waals surface area contributed by atoms with Crippen molar-refractivity contribution in [3.8, 4) is 11.4 Å². The third-order valence-electron chi connectivity index (χ3n) is 3.61. The number of rotatable bonds is 4. The maximum Gasteiger partial charge on any atom is 0.163 e. The lowest BCUT2D eigenvalue weighted by Crippen LogP contribution is -2.02. The van der Waals surface area contributed by atoms with Gasteiger partial charge in [0.2, 0.25) is 0 Å². The monoisotopic (exact) mass is 278 g/mol. The molecule has 0 fully saturated rings. The van der Waals surface area contributed by atoms with Gasteiger partial charge in [-0.25, -0.2) is 0 Å². The summed E-state index contributed by atoms with van der Waals surface area (Å²) in [6, 6.07) is 18.1. The Morgan fingerprint density at radius 3 is 2.33 bits per heavy atom. The van der Waals surface area contributed by atoms with Crippen molar-refractivity contribution in [3.63, 3.8) is 0 Å². The molecule has 0 saturated carbocycles. The highest BCUT2D eigenvalue weighted by molar-refractivity contribution is 5.58. The first-order valence-electron chi connectivity index (χ1n) is 7.02. The molecule has 0 bridgehead atoms. The zero-order chi connectivity index (χ0) is 14.7. The Labute approximate surface area is 124 Å². The molecule has 0 aliphatic carbocycles. The van der Waals surface area contributed by atoms with E-state index in [2.05, 4.69) is 39.0 Å². The standard InChI is InChI=1S/C17H18N4/c1-21-16(12-7-13-5-3-2-4-6-13)19-20-17(21)14-8-10-15(18)11-9-14/h2-6,8-11H,7,12,18H2,1H3. The van der Waals surface area contributed by atoms with E-state index in [1.54, 1.807) is 0 Å². The van der Waals surface area contributed by atoms with Gasteiger partial charge < -0.3 is 10.3 Å². The fourth-order valence-electron chi connectivity index (χ4n) is 2.36. The van der Waals surface area contributed by atoms with Crippen molar-refractivity contribution in [2.45, 2.75) is 12.8 Å². The van der Waals surface area contributed by atoms with Gasteiger partial charge in [-0.1, -0.05) is 30.3 Å². The Kier molecular flexibility index (Phi) is 3.69. The van der Waals surface area contributed by atoms with E-state index in [9.17, 15) is 0 Å². The summed E-state index contributed by atoms with van der Waals surface area (Å²) in [5, 5.41) is 8.61. The van der Waals surface area contributed by atoms with E-state index in [0.717, 1.165) is 35.7 Å². The van der Waals surface area contributed by atoms with E-state index in [0.29, 0.717) is 0 Å². The Morgan fingerprint density at radius 2 is 1.62 bits per heavy atom. The van der Waals surface area contributed by atoms with Gasteiger partial charge in [-0.2, -0.15) is 0 Å². The smallest absolute Gasteiger partial charge is 0.163 e. The maximum absolute atomic E-state index is 5.72. The number of hydrogen-bond acceptors (Lipinski definition) is 3. The molecule has 3 aromatic rings. The molecule has 0 saturated heterocycles. The molecule has 0 radical (unpaired) electrons. The molecule has 4 nitrogen and oxygen atoms in total. The van der Waals surface area contributed by atoms with Crippen LogP contribution in [0.25, 0.3) is 11.4 Å². The first kappa shape index (κ1) is 13.4. The fraction of sp³-hybridized carbons (Fsp3) is 0.176. The van der Waals surface area contributed by atoms with Crippen molar-refractivity contribution in [2.24, 2.45) is 7.05 Å². The average Bonchev–Trinajstić information content (AvgIpc) is 2.88. The Morgan fingerprint density at radius 1 is 0.905 bits per heavy atom. The highest BCUT2D eigenvalue weighted by Crippen LogP contribution is 2.19. The lowest BCUT2D eigenvalue weighted by molar-refractivity contribution is 0.773. The fourth-order valence-corrected chi connectivity index (χ4v) is 2.36. The molecule has 21 heavy (non-hydrogen) atoms. The Balaban J connectivity index is 1.78. The molecule has 106 valence electrons. The molecule has 3 rings (SSSR count). The van der Waals surface area contributed by atoms with Gasteiger partial charge in [0, 0.05) is 24.7 Å². The average molecular weight is 278 g/mol. The quantitative estimate of drug-likeness (QED) is 0.747. The van der Waals surface area contributed by atoms with Gasteiger partial charge in [-0.05, 0) is 36.2 Å². The number of benzene rings is 2. The van der Waals surface area contributed by atoms with Crippen LogP contribution in [-0.2, 0) is 19.9 Å². The van der Waals surface area contributed by atoms with Crippen LogP contribution in [0.5, 0.6) is 0 Å². The Hall–Kier alpha value is -2.62. The minimum absolute atomic E-state index is 0.755. The van der Waals surface area contributed by atoms with Gasteiger partial charge in [0.25, 0.3) is 0 Å². The number of hydrogen-bond donors (Lipinski definition) is 1. The molecule has 0 atom stereocenters. The SMILES string of the molecule is Cn1c(CCc2ccccc2)nnc1-c1ccc(N)cc1. The summed E-state index contributed by atoms with van der Waals surface area (Å²) in [5.74, 6) is 1.86. The zero-order valence-corrected chi connectivity index (χ0v) is 12.0. The molecule has 1 aromatic heterocycles. The number of aryl methyl sites for hydroxylation is 2. The largest absolute Gasteiger partial charge is 0.399 e. The summed E-state index contributed by atoms with van der Waals surface area (Å²) in [6.45, 7) is 0. The van der Waals surface area contributed by atoms with Crippen molar-refractivity contribution < 1.29 is 0 Å². The van der Waals surface area contributed by atoms with Gasteiger partial charge in [-0.3, -0.25) is 0 Å². The van der Waals surface area contributed by atoms with E-state index in [4.69, 9.17) is 5.73 Å². The maximum atomic E-state index is 5.72. The van der Waals surface area contributed by atoms with Crippen LogP contribution < -0.4 is 5.73 Å². The second-order valence-corrected chi connectivity index (χ2v) is 5.11. The lowest BCUT2D eigenvalue weighted by atomic mass is 10.1. The van der Waals surface area contributed by atoms with Crippen LogP contribution in [-0.4, -0.2) is 14.8 Å². The highest BCUT2D eigenvalue weighted by atomic mass is 15.3. The third kappa shape index (κ3) is 2.94. The van der Waals surface area contributed by atoms with Crippen LogP contribution in [0, 0.1) is 0 Å². The van der Waals surface area contributed by atoms with E-state index >= 15 is 0 Å². The molecule has 2 aromatic carbocycles. The minimum Gasteiger partial charge on any atom is -0.399 e. The van der Waals surface area contributed by atoms with Crippen molar-refractivity contribution in [2.75, 3.05) is 5.73 Å². The number of nitrogens with two attached hydrogens (primary N) is 1. The molecule has 4 heteroatoms. The Bertz CT molecular complexity index is 714. The summed E-state index contributed by atoms with van der Waals surface area (Å²) >= 11 is 0. The molecular formula is C17H18N4. The number of nitrogens with zero attached hydrogens (tertiary/aromatic N) is 3. The normalized spacial score (nSPS) is 10.7. The number of aromatic nitrogens is 3. The van der Waals surface area contributed by atoms with Crippen LogP contribution in [0.2, 0.25) is 0 Å². The molecular weight excluding hydrogens is 260 g/mol. The van der Waals surface area contributed by atoms with E-state index in [1.165, 1.54) is 5.56 Å². The van der Waals surface area contributed by atoms with Gasteiger partial charge in [0.05, 0.1) is 0 Å². The number of anilines is 1. The summed E-state index contributed by atoms with van der Waals surface area (Å²) < 4.78 is 2.05. The summed E-state index contributed by atoms with van der Waals surface area (Å²) in [7, 11) is 2.01. The van der Waals surface area contributed by atoms with E-state index in [-0.39, 0.29) is 0 Å². The second-order valence-electron chi connectivity index (χ2n) is 5.11. The van der Waals surface area contributed by atoms with E-state index in [1.807, 2.05) is 37.4 Å². The molecule has 0 amide bonds.